The van der Waals surface area contributed by atoms with Gasteiger partial charge in [0.1, 0.15) is 0 Å². The molecule has 0 amide bonds. The first-order chi connectivity index (χ1) is 4.61. The molecule has 0 aromatic carbocycles. The van der Waals surface area contributed by atoms with E-state index in [9.17, 15) is 0 Å². The van der Waals surface area contributed by atoms with Crippen LogP contribution in [0.15, 0.2) is 0 Å². The summed E-state index contributed by atoms with van der Waals surface area (Å²) < 4.78 is 0.561. The van der Waals surface area contributed by atoms with Crippen LogP contribution < -0.4 is 0 Å². The normalized spacial score (nSPS) is 38.6. The number of rotatable bonds is 2. The lowest BCUT2D eigenvalue weighted by Gasteiger charge is -2.18. The fraction of sp³-hybridized carbons (Fsp3) is 0.875. The van der Waals surface area contributed by atoms with Gasteiger partial charge in [0.2, 0.25) is 0 Å². The highest BCUT2D eigenvalue weighted by Crippen LogP contribution is 2.60. The van der Waals surface area contributed by atoms with E-state index in [-0.39, 0.29) is 10.9 Å². The zero-order valence-electron chi connectivity index (χ0n) is 6.89. The molecule has 0 saturated heterocycles. The van der Waals surface area contributed by atoms with Crippen LogP contribution in [-0.2, 0) is 0 Å². The Bertz CT molecular complexity index is 171. The molecule has 1 saturated carbocycles. The third-order valence-electron chi connectivity index (χ3n) is 2.74. The van der Waals surface area contributed by atoms with Gasteiger partial charge < -0.3 is 0 Å². The molecule has 0 N–H and O–H groups in total. The molecule has 0 bridgehead atoms. The molecule has 1 aliphatic carbocycles. The molecule has 2 heteroatoms. The minimum Gasteiger partial charge on any atom is -0.254 e. The average molecular weight is 157 g/mol. The lowest BCUT2D eigenvalue weighted by molar-refractivity contribution is 0.803. The van der Waals surface area contributed by atoms with Gasteiger partial charge in [-0.1, -0.05) is 6.92 Å². The molecule has 0 heterocycles. The lowest BCUT2D eigenvalue weighted by Crippen LogP contribution is -2.04. The van der Waals surface area contributed by atoms with Crippen LogP contribution in [0.1, 0.15) is 19.8 Å². The fourth-order valence-corrected chi connectivity index (χ4v) is 2.80. The van der Waals surface area contributed by atoms with Crippen molar-refractivity contribution in [3.8, 4) is 6.07 Å². The average Bonchev–Trinajstić information content (AvgIpc) is 2.45. The second-order valence-electron chi connectivity index (χ2n) is 3.51. The first kappa shape index (κ1) is 7.94. The topological polar surface area (TPSA) is 23.8 Å². The van der Waals surface area contributed by atoms with Gasteiger partial charge in [0.15, 0.2) is 0 Å². The van der Waals surface area contributed by atoms with Crippen molar-refractivity contribution in [1.29, 1.82) is 5.26 Å². The second kappa shape index (κ2) is 2.47. The Morgan fingerprint density at radius 1 is 1.70 bits per heavy atom. The zero-order chi connectivity index (χ0) is 7.78. The number of hydrogen-bond donors (Lipinski definition) is 1. The Hall–Kier alpha value is -0.160. The second-order valence-corrected chi connectivity index (χ2v) is 6.33. The van der Waals surface area contributed by atoms with Crippen LogP contribution in [0.5, 0.6) is 0 Å². The van der Waals surface area contributed by atoms with Crippen LogP contribution in [-0.4, -0.2) is 17.3 Å². The SMILES string of the molecule is C[SH](C)C1(C)CC1CC#N. The van der Waals surface area contributed by atoms with Gasteiger partial charge in [-0.3, -0.25) is 10.9 Å². The monoisotopic (exact) mass is 157 g/mol. The van der Waals surface area contributed by atoms with Crippen LogP contribution in [0.4, 0.5) is 0 Å². The van der Waals surface area contributed by atoms with Crippen LogP contribution in [0.25, 0.3) is 0 Å². The Morgan fingerprint density at radius 2 is 2.30 bits per heavy atom. The standard InChI is InChI=1S/C8H15NS/c1-8(10(2)3)6-7(8)4-5-9/h7,10H,4,6H2,1-3H3. The van der Waals surface area contributed by atoms with E-state index in [0.717, 1.165) is 12.3 Å². The molecule has 0 spiro atoms. The maximum Gasteiger partial charge on any atom is 0.0625 e. The number of nitrogens with zero attached hydrogens (tertiary/aromatic N) is 1. The third-order valence-corrected chi connectivity index (χ3v) is 5.33. The van der Waals surface area contributed by atoms with E-state index in [1.165, 1.54) is 6.42 Å². The Balaban J connectivity index is 2.42. The smallest absolute Gasteiger partial charge is 0.0625 e. The van der Waals surface area contributed by atoms with E-state index in [1.54, 1.807) is 0 Å². The molecule has 2 atom stereocenters. The summed E-state index contributed by atoms with van der Waals surface area (Å²) in [5.74, 6) is 0.721. The maximum absolute atomic E-state index is 8.45. The van der Waals surface area contributed by atoms with Crippen molar-refractivity contribution >= 4 is 10.9 Å². The highest BCUT2D eigenvalue weighted by molar-refractivity contribution is 8.17. The summed E-state index contributed by atoms with van der Waals surface area (Å²) in [6.07, 6.45) is 6.69. The van der Waals surface area contributed by atoms with Gasteiger partial charge in [0.05, 0.1) is 6.07 Å². The molecule has 1 fully saturated rings. The maximum atomic E-state index is 8.45. The molecule has 10 heavy (non-hydrogen) atoms. The van der Waals surface area contributed by atoms with E-state index < -0.39 is 0 Å². The van der Waals surface area contributed by atoms with Crippen molar-refractivity contribution in [1.82, 2.24) is 0 Å². The van der Waals surface area contributed by atoms with E-state index in [4.69, 9.17) is 5.26 Å². The highest BCUT2D eigenvalue weighted by atomic mass is 32.2. The van der Waals surface area contributed by atoms with Gasteiger partial charge in [-0.2, -0.15) is 5.26 Å². The Labute approximate surface area is 65.8 Å². The molecular weight excluding hydrogens is 142 g/mol. The molecule has 0 aromatic heterocycles. The summed E-state index contributed by atoms with van der Waals surface area (Å²) in [5.41, 5.74) is 0. The molecule has 0 radical (unpaired) electrons. The first-order valence-corrected chi connectivity index (χ1v) is 5.89. The van der Waals surface area contributed by atoms with E-state index >= 15 is 0 Å². The van der Waals surface area contributed by atoms with Gasteiger partial charge in [0.25, 0.3) is 0 Å². The van der Waals surface area contributed by atoms with Crippen LogP contribution in [0.2, 0.25) is 0 Å². The van der Waals surface area contributed by atoms with Gasteiger partial charge in [-0.15, -0.1) is 0 Å². The van der Waals surface area contributed by atoms with Crippen molar-refractivity contribution in [2.75, 3.05) is 12.5 Å². The lowest BCUT2D eigenvalue weighted by atomic mass is 10.3. The molecule has 1 nitrogen and oxygen atoms in total. The summed E-state index contributed by atoms with van der Waals surface area (Å²) in [7, 11) is 0.168. The van der Waals surface area contributed by atoms with Gasteiger partial charge >= 0.3 is 0 Å². The fourth-order valence-electron chi connectivity index (χ4n) is 1.39. The number of hydrogen-bond acceptors (Lipinski definition) is 1. The molecule has 58 valence electrons. The van der Waals surface area contributed by atoms with E-state index in [0.29, 0.717) is 4.75 Å². The van der Waals surface area contributed by atoms with E-state index in [1.807, 2.05) is 0 Å². The summed E-state index contributed by atoms with van der Waals surface area (Å²) in [6.45, 7) is 2.32. The molecular formula is C8H15NS. The Kier molecular flexibility index (Phi) is 1.96. The Morgan fingerprint density at radius 3 is 2.60 bits per heavy atom. The largest absolute Gasteiger partial charge is 0.254 e. The van der Waals surface area contributed by atoms with Crippen molar-refractivity contribution in [2.24, 2.45) is 5.92 Å². The molecule has 1 rings (SSSR count). The predicted molar refractivity (Wildman–Crippen MR) is 47.6 cm³/mol. The zero-order valence-corrected chi connectivity index (χ0v) is 7.78. The van der Waals surface area contributed by atoms with E-state index in [2.05, 4.69) is 25.5 Å². The molecule has 1 aliphatic rings. The highest BCUT2D eigenvalue weighted by Gasteiger charge is 2.50. The summed E-state index contributed by atoms with van der Waals surface area (Å²) in [6, 6.07) is 2.25. The number of nitriles is 1. The predicted octanol–water partition coefficient (Wildman–Crippen LogP) is 1.94. The van der Waals surface area contributed by atoms with Gasteiger partial charge in [-0.25, -0.2) is 0 Å². The van der Waals surface area contributed by atoms with Crippen molar-refractivity contribution < 1.29 is 0 Å². The number of thiol groups is 1. The van der Waals surface area contributed by atoms with Gasteiger partial charge in [0, 0.05) is 6.42 Å². The minimum atomic E-state index is 0.168. The first-order valence-electron chi connectivity index (χ1n) is 3.65. The molecule has 0 aromatic rings. The summed E-state index contributed by atoms with van der Waals surface area (Å²) in [4.78, 5) is 0. The summed E-state index contributed by atoms with van der Waals surface area (Å²) >= 11 is 0. The molecule has 0 aliphatic heterocycles. The minimum absolute atomic E-state index is 0.168. The van der Waals surface area contributed by atoms with Gasteiger partial charge in [-0.05, 0) is 29.6 Å². The quantitative estimate of drug-likeness (QED) is 0.608. The van der Waals surface area contributed by atoms with Crippen LogP contribution in [0.3, 0.4) is 0 Å². The van der Waals surface area contributed by atoms with Crippen molar-refractivity contribution in [3.05, 3.63) is 0 Å². The molecule has 2 unspecified atom stereocenters. The van der Waals surface area contributed by atoms with Crippen LogP contribution >= 0.6 is 10.9 Å². The van der Waals surface area contributed by atoms with Crippen molar-refractivity contribution in [2.45, 2.75) is 24.5 Å². The van der Waals surface area contributed by atoms with Crippen LogP contribution in [0, 0.1) is 17.2 Å². The van der Waals surface area contributed by atoms with Crippen molar-refractivity contribution in [3.63, 3.8) is 0 Å². The third kappa shape index (κ3) is 1.15. The summed E-state index contributed by atoms with van der Waals surface area (Å²) in [5, 5.41) is 8.45.